The molecular weight excluding hydrogens is 387 g/mol. The molecule has 1 aromatic carbocycles. The minimum absolute atomic E-state index is 0.00313. The molecule has 10 heteroatoms. The van der Waals surface area contributed by atoms with E-state index in [2.05, 4.69) is 15.3 Å². The van der Waals surface area contributed by atoms with Crippen molar-refractivity contribution >= 4 is 11.5 Å². The predicted octanol–water partition coefficient (Wildman–Crippen LogP) is 4.05. The molecule has 3 rings (SSSR count). The highest BCUT2D eigenvalue weighted by atomic mass is 19.4. The molecule has 0 unspecified atom stereocenters. The quantitative estimate of drug-likeness (QED) is 0.573. The third-order valence-electron chi connectivity index (χ3n) is 4.87. The summed E-state index contributed by atoms with van der Waals surface area (Å²) in [6.07, 6.45) is -2.76. The van der Waals surface area contributed by atoms with Crippen molar-refractivity contribution in [1.82, 2.24) is 14.9 Å². The maximum absolute atomic E-state index is 12.5. The van der Waals surface area contributed by atoms with E-state index in [0.29, 0.717) is 49.7 Å². The molecule has 0 radical (unpaired) electrons. The van der Waals surface area contributed by atoms with Gasteiger partial charge in [0.25, 0.3) is 5.69 Å². The molecule has 1 N–H and O–H groups in total. The Morgan fingerprint density at radius 3 is 2.45 bits per heavy atom. The van der Waals surface area contributed by atoms with Crippen molar-refractivity contribution in [3.05, 3.63) is 46.1 Å². The molecule has 0 spiro atoms. The third-order valence-corrected chi connectivity index (χ3v) is 4.87. The van der Waals surface area contributed by atoms with Gasteiger partial charge in [-0.05, 0) is 50.9 Å². The number of nitrogens with one attached hydrogen (secondary N) is 1. The van der Waals surface area contributed by atoms with E-state index in [1.807, 2.05) is 6.92 Å². The Morgan fingerprint density at radius 1 is 1.21 bits per heavy atom. The summed E-state index contributed by atoms with van der Waals surface area (Å²) in [5.74, 6) is 1.36. The second-order valence-corrected chi connectivity index (χ2v) is 7.24. The van der Waals surface area contributed by atoms with Crippen LogP contribution in [0.3, 0.4) is 0 Å². The minimum atomic E-state index is -4.15. The van der Waals surface area contributed by atoms with Crippen molar-refractivity contribution < 1.29 is 18.1 Å². The lowest BCUT2D eigenvalue weighted by Crippen LogP contribution is -2.41. The molecule has 1 aliphatic rings. The van der Waals surface area contributed by atoms with E-state index in [1.165, 1.54) is 17.0 Å². The minimum Gasteiger partial charge on any atom is -0.370 e. The van der Waals surface area contributed by atoms with Crippen molar-refractivity contribution in [1.29, 1.82) is 0 Å². The molecule has 0 atom stereocenters. The van der Waals surface area contributed by atoms with Crippen LogP contribution < -0.4 is 5.32 Å². The molecule has 1 saturated heterocycles. The van der Waals surface area contributed by atoms with Gasteiger partial charge in [-0.3, -0.25) is 15.0 Å². The van der Waals surface area contributed by atoms with Gasteiger partial charge in [-0.2, -0.15) is 13.2 Å². The summed E-state index contributed by atoms with van der Waals surface area (Å²) in [5, 5.41) is 14.0. The van der Waals surface area contributed by atoms with Crippen molar-refractivity contribution in [3.8, 4) is 11.4 Å². The van der Waals surface area contributed by atoms with Crippen LogP contribution in [-0.4, -0.2) is 52.1 Å². The number of nitro groups is 1. The summed E-state index contributed by atoms with van der Waals surface area (Å²) in [4.78, 5) is 20.6. The van der Waals surface area contributed by atoms with Gasteiger partial charge < -0.3 is 5.32 Å². The number of piperidine rings is 1. The van der Waals surface area contributed by atoms with E-state index in [1.54, 1.807) is 18.2 Å². The predicted molar refractivity (Wildman–Crippen MR) is 103 cm³/mol. The van der Waals surface area contributed by atoms with Crippen LogP contribution in [0, 0.1) is 23.0 Å². The van der Waals surface area contributed by atoms with Gasteiger partial charge in [-0.25, -0.2) is 9.97 Å². The monoisotopic (exact) mass is 409 g/mol. The number of aromatic nitrogens is 2. The second-order valence-electron chi connectivity index (χ2n) is 7.24. The van der Waals surface area contributed by atoms with Crippen LogP contribution in [0.4, 0.5) is 24.7 Å². The average molecular weight is 409 g/mol. The Labute approximate surface area is 166 Å². The van der Waals surface area contributed by atoms with Crippen LogP contribution in [-0.2, 0) is 0 Å². The Balaban J connectivity index is 1.59. The highest BCUT2D eigenvalue weighted by molar-refractivity contribution is 5.59. The van der Waals surface area contributed by atoms with E-state index in [9.17, 15) is 23.3 Å². The molecule has 1 aliphatic heterocycles. The molecule has 0 bridgehead atoms. The molecule has 2 aromatic rings. The zero-order chi connectivity index (χ0) is 21.0. The lowest BCUT2D eigenvalue weighted by molar-refractivity contribution is -0.384. The van der Waals surface area contributed by atoms with Crippen molar-refractivity contribution in [2.75, 3.05) is 31.5 Å². The first-order valence-electron chi connectivity index (χ1n) is 9.33. The van der Waals surface area contributed by atoms with Crippen molar-refractivity contribution in [3.63, 3.8) is 0 Å². The van der Waals surface area contributed by atoms with E-state index < -0.39 is 17.6 Å². The first-order valence-corrected chi connectivity index (χ1v) is 9.33. The summed E-state index contributed by atoms with van der Waals surface area (Å²) in [7, 11) is 0. The zero-order valence-electron chi connectivity index (χ0n) is 15.9. The number of halogens is 3. The standard InChI is InChI=1S/C19H22F3N5O2/c1-13-10-17(23-11-14-6-8-26(9-7-14)12-19(20,21)22)25-18(24-13)15-2-4-16(5-3-15)27(28)29/h2-5,10,14H,6-9,11-12H2,1H3,(H,23,24,25). The summed E-state index contributed by atoms with van der Waals surface area (Å²) in [6.45, 7) is 2.47. The van der Waals surface area contributed by atoms with Crippen LogP contribution in [0.25, 0.3) is 11.4 Å². The maximum Gasteiger partial charge on any atom is 0.401 e. The van der Waals surface area contributed by atoms with E-state index in [0.717, 1.165) is 5.69 Å². The Kier molecular flexibility index (Phi) is 6.31. The van der Waals surface area contributed by atoms with Crippen LogP contribution in [0.15, 0.2) is 30.3 Å². The Bertz CT molecular complexity index is 850. The second kappa shape index (κ2) is 8.73. The molecule has 156 valence electrons. The highest BCUT2D eigenvalue weighted by Gasteiger charge is 2.32. The fourth-order valence-corrected chi connectivity index (χ4v) is 3.37. The summed E-state index contributed by atoms with van der Waals surface area (Å²) in [5.41, 5.74) is 1.41. The van der Waals surface area contributed by atoms with Crippen LogP contribution >= 0.6 is 0 Å². The van der Waals surface area contributed by atoms with Crippen molar-refractivity contribution in [2.45, 2.75) is 25.9 Å². The van der Waals surface area contributed by atoms with Crippen LogP contribution in [0.2, 0.25) is 0 Å². The van der Waals surface area contributed by atoms with E-state index in [-0.39, 0.29) is 11.6 Å². The molecule has 7 nitrogen and oxygen atoms in total. The summed E-state index contributed by atoms with van der Waals surface area (Å²) >= 11 is 0. The number of rotatable bonds is 6. The van der Waals surface area contributed by atoms with Gasteiger partial charge in [0, 0.05) is 36.0 Å². The zero-order valence-corrected chi connectivity index (χ0v) is 15.9. The largest absolute Gasteiger partial charge is 0.401 e. The fourth-order valence-electron chi connectivity index (χ4n) is 3.37. The van der Waals surface area contributed by atoms with Gasteiger partial charge in [0.1, 0.15) is 5.82 Å². The molecule has 2 heterocycles. The van der Waals surface area contributed by atoms with E-state index in [4.69, 9.17) is 0 Å². The third kappa shape index (κ3) is 6.11. The lowest BCUT2D eigenvalue weighted by Gasteiger charge is -2.32. The first kappa shape index (κ1) is 21.0. The van der Waals surface area contributed by atoms with Gasteiger partial charge in [-0.15, -0.1) is 0 Å². The Morgan fingerprint density at radius 2 is 1.86 bits per heavy atom. The fraction of sp³-hybridized carbons (Fsp3) is 0.474. The number of anilines is 1. The molecule has 0 aliphatic carbocycles. The van der Waals surface area contributed by atoms with Gasteiger partial charge in [0.15, 0.2) is 5.82 Å². The van der Waals surface area contributed by atoms with Gasteiger partial charge in [0.05, 0.1) is 11.5 Å². The number of aryl methyl sites for hydroxylation is 1. The maximum atomic E-state index is 12.5. The molecular formula is C19H22F3N5O2. The smallest absolute Gasteiger partial charge is 0.370 e. The average Bonchev–Trinajstić information content (AvgIpc) is 2.66. The van der Waals surface area contributed by atoms with Crippen LogP contribution in [0.5, 0.6) is 0 Å². The number of hydrogen-bond donors (Lipinski definition) is 1. The van der Waals surface area contributed by atoms with Crippen LogP contribution in [0.1, 0.15) is 18.5 Å². The SMILES string of the molecule is Cc1cc(NCC2CCN(CC(F)(F)F)CC2)nc(-c2ccc([N+](=O)[O-])cc2)n1. The number of alkyl halides is 3. The molecule has 1 fully saturated rings. The topological polar surface area (TPSA) is 84.2 Å². The van der Waals surface area contributed by atoms with Gasteiger partial charge >= 0.3 is 6.18 Å². The lowest BCUT2D eigenvalue weighted by atomic mass is 9.97. The first-order chi connectivity index (χ1) is 13.7. The Hall–Kier alpha value is -2.75. The van der Waals surface area contributed by atoms with Crippen molar-refractivity contribution in [2.24, 2.45) is 5.92 Å². The molecule has 0 amide bonds. The summed E-state index contributed by atoms with van der Waals surface area (Å²) in [6, 6.07) is 7.82. The number of nitrogens with zero attached hydrogens (tertiary/aromatic N) is 4. The highest BCUT2D eigenvalue weighted by Crippen LogP contribution is 2.24. The summed E-state index contributed by atoms with van der Waals surface area (Å²) < 4.78 is 37.4. The number of likely N-dealkylation sites (tertiary alicyclic amines) is 1. The number of hydrogen-bond acceptors (Lipinski definition) is 6. The molecule has 0 saturated carbocycles. The number of nitro benzene ring substituents is 1. The molecule has 1 aromatic heterocycles. The van der Waals surface area contributed by atoms with E-state index >= 15 is 0 Å². The van der Waals surface area contributed by atoms with Gasteiger partial charge in [-0.1, -0.05) is 0 Å². The molecule has 29 heavy (non-hydrogen) atoms. The normalized spacial score (nSPS) is 16.0. The number of non-ortho nitro benzene ring substituents is 1. The van der Waals surface area contributed by atoms with Gasteiger partial charge in [0.2, 0.25) is 0 Å². The number of benzene rings is 1.